The number of hydrogen-bond donors (Lipinski definition) is 1. The molecule has 49 heavy (non-hydrogen) atoms. The van der Waals surface area contributed by atoms with Crippen molar-refractivity contribution in [1.29, 1.82) is 0 Å². The van der Waals surface area contributed by atoms with Gasteiger partial charge in [0, 0.05) is 62.7 Å². The average Bonchev–Trinajstić information content (AvgIpc) is 3.75. The maximum atomic E-state index is 16.7. The van der Waals surface area contributed by atoms with Crippen molar-refractivity contribution in [2.45, 2.75) is 133 Å². The van der Waals surface area contributed by atoms with Gasteiger partial charge in [0.05, 0.1) is 35.9 Å². The van der Waals surface area contributed by atoms with Gasteiger partial charge in [-0.25, -0.2) is 9.18 Å². The topological polar surface area (TPSA) is 104 Å². The summed E-state index contributed by atoms with van der Waals surface area (Å²) < 4.78 is 29.2. The number of pyridine rings is 1. The molecule has 2 amide bonds. The van der Waals surface area contributed by atoms with Crippen molar-refractivity contribution in [1.82, 2.24) is 25.0 Å². The van der Waals surface area contributed by atoms with Gasteiger partial charge in [0.15, 0.2) is 5.78 Å². The molecule has 8 rings (SSSR count). The van der Waals surface area contributed by atoms with Crippen LogP contribution in [-0.4, -0.2) is 112 Å². The van der Waals surface area contributed by atoms with E-state index in [-0.39, 0.29) is 53.8 Å². The zero-order valence-corrected chi connectivity index (χ0v) is 29.1. The predicted octanol–water partition coefficient (Wildman–Crippen LogP) is 4.60. The van der Waals surface area contributed by atoms with Gasteiger partial charge in [-0.15, -0.1) is 0 Å². The van der Waals surface area contributed by atoms with Crippen LogP contribution in [-0.2, 0) is 19.1 Å². The maximum Gasteiger partial charge on any atom is 0.407 e. The number of alkyl carbamates (subject to hydrolysis) is 1. The Bertz CT molecular complexity index is 1470. The van der Waals surface area contributed by atoms with Crippen molar-refractivity contribution in [3.8, 4) is 0 Å². The highest BCUT2D eigenvalue weighted by atomic mass is 19.1. The van der Waals surface area contributed by atoms with Crippen LogP contribution < -0.4 is 5.32 Å². The highest BCUT2D eigenvalue weighted by Crippen LogP contribution is 2.51. The first kappa shape index (κ1) is 33.1. The molecule has 11 heteroatoms. The van der Waals surface area contributed by atoms with E-state index in [4.69, 9.17) is 9.47 Å². The van der Waals surface area contributed by atoms with Gasteiger partial charge < -0.3 is 24.6 Å². The number of morpholine rings is 1. The number of carbonyl (C=O) groups excluding carboxylic acids is 3. The van der Waals surface area contributed by atoms with E-state index in [1.165, 1.54) is 25.7 Å². The lowest BCUT2D eigenvalue weighted by molar-refractivity contribution is -0.219. The summed E-state index contributed by atoms with van der Waals surface area (Å²) in [5.41, 5.74) is 0.718. The van der Waals surface area contributed by atoms with E-state index in [1.807, 2.05) is 50.2 Å². The Morgan fingerprint density at radius 2 is 1.82 bits per heavy atom. The largest absolute Gasteiger partial charge is 0.444 e. The van der Waals surface area contributed by atoms with E-state index in [9.17, 15) is 14.4 Å². The zero-order valence-electron chi connectivity index (χ0n) is 29.1. The molecule has 3 saturated carbocycles. The number of Topliss-reactive ketones (excluding diaryl/α,β-unsaturated/α-hetero) is 1. The molecule has 7 aliphatic rings. The molecule has 11 unspecified atom stereocenters. The van der Waals surface area contributed by atoms with E-state index in [0.717, 1.165) is 24.8 Å². The number of fused-ring (bicyclic) bond motifs is 3. The van der Waals surface area contributed by atoms with Crippen LogP contribution in [0.1, 0.15) is 90.0 Å². The highest BCUT2D eigenvalue weighted by Gasteiger charge is 2.61. The summed E-state index contributed by atoms with van der Waals surface area (Å²) in [6.07, 6.45) is 11.6. The molecule has 10 nitrogen and oxygen atoms in total. The minimum Gasteiger partial charge on any atom is -0.444 e. The Balaban J connectivity index is 1.07. The summed E-state index contributed by atoms with van der Waals surface area (Å²) >= 11 is 0. The predicted molar refractivity (Wildman–Crippen MR) is 180 cm³/mol. The minimum atomic E-state index is -1.30. The Morgan fingerprint density at radius 1 is 1.02 bits per heavy atom. The standard InChI is InChI=1S/C38H52FN5O5/c1-38(2,3)49-37(47)41-26-11-14-42(20-26)33-29(39)17-27-32-35(33)48-31-16-23-8-5-4-7-22(23)15-30(31)44(32)21-28(34(27)45)36(46)43-13-10-25(19-43)24-9-6-12-40-18-24/h6,9,12,18,21-23,25-27,29-33,35H,4-5,7-8,10-11,13-17,19-20H2,1-3H3,(H,41,47). The van der Waals surface area contributed by atoms with E-state index >= 15 is 4.39 Å². The first-order valence-corrected chi connectivity index (χ1v) is 18.8. The lowest BCUT2D eigenvalue weighted by Gasteiger charge is -2.61. The van der Waals surface area contributed by atoms with Crippen LogP contribution in [0.5, 0.6) is 0 Å². The van der Waals surface area contributed by atoms with Gasteiger partial charge in [0.2, 0.25) is 0 Å². The number of nitrogens with zero attached hydrogens (tertiary/aromatic N) is 4. The number of rotatable bonds is 4. The van der Waals surface area contributed by atoms with Crippen LogP contribution in [0, 0.1) is 17.8 Å². The van der Waals surface area contributed by atoms with Crippen molar-refractivity contribution in [2.24, 2.45) is 17.8 Å². The van der Waals surface area contributed by atoms with Crippen LogP contribution in [0.3, 0.4) is 0 Å². The van der Waals surface area contributed by atoms with E-state index < -0.39 is 35.9 Å². The van der Waals surface area contributed by atoms with E-state index in [0.29, 0.717) is 44.4 Å². The van der Waals surface area contributed by atoms with Crippen LogP contribution in [0.25, 0.3) is 0 Å². The number of hydrogen-bond acceptors (Lipinski definition) is 8. The van der Waals surface area contributed by atoms with E-state index in [2.05, 4.69) is 20.1 Å². The zero-order chi connectivity index (χ0) is 34.0. The van der Waals surface area contributed by atoms with Gasteiger partial charge in [-0.1, -0.05) is 31.7 Å². The summed E-state index contributed by atoms with van der Waals surface area (Å²) in [7, 11) is 0. The fraction of sp³-hybridized carbons (Fsp3) is 0.737. The molecular weight excluding hydrogens is 625 g/mol. The van der Waals surface area contributed by atoms with Gasteiger partial charge in [-0.3, -0.25) is 19.5 Å². The second-order valence-electron chi connectivity index (χ2n) is 16.8. The molecule has 1 aromatic rings. The smallest absolute Gasteiger partial charge is 0.407 e. The van der Waals surface area contributed by atoms with Gasteiger partial charge >= 0.3 is 6.09 Å². The van der Waals surface area contributed by atoms with Crippen LogP contribution in [0.2, 0.25) is 0 Å². The number of carbonyl (C=O) groups is 3. The molecule has 3 aliphatic carbocycles. The fourth-order valence-electron chi connectivity index (χ4n) is 10.5. The van der Waals surface area contributed by atoms with Gasteiger partial charge in [0.1, 0.15) is 11.8 Å². The molecule has 11 atom stereocenters. The number of likely N-dealkylation sites (tertiary alicyclic amines) is 2. The lowest BCUT2D eigenvalue weighted by Crippen LogP contribution is -2.73. The summed E-state index contributed by atoms with van der Waals surface area (Å²) in [5, 5.41) is 2.99. The molecule has 1 aromatic heterocycles. The number of alkyl halides is 1. The number of aromatic nitrogens is 1. The molecule has 0 aromatic carbocycles. The summed E-state index contributed by atoms with van der Waals surface area (Å²) in [4.78, 5) is 51.6. The van der Waals surface area contributed by atoms with Crippen molar-refractivity contribution in [2.75, 3.05) is 26.2 Å². The first-order valence-electron chi connectivity index (χ1n) is 18.8. The Hall–Kier alpha value is -3.05. The third-order valence-corrected chi connectivity index (χ3v) is 12.7. The Morgan fingerprint density at radius 3 is 2.57 bits per heavy atom. The quantitative estimate of drug-likeness (QED) is 0.462. The van der Waals surface area contributed by atoms with E-state index in [1.54, 1.807) is 6.20 Å². The second-order valence-corrected chi connectivity index (χ2v) is 16.8. The summed E-state index contributed by atoms with van der Waals surface area (Å²) in [5.74, 6) is 0.299. The number of ether oxygens (including phenoxy) is 2. The summed E-state index contributed by atoms with van der Waals surface area (Å²) in [6, 6.07) is 3.03. The molecule has 4 aliphatic heterocycles. The lowest BCUT2D eigenvalue weighted by atomic mass is 9.64. The number of nitrogens with one attached hydrogen (secondary N) is 1. The van der Waals surface area contributed by atoms with Crippen LogP contribution in [0.15, 0.2) is 36.3 Å². The van der Waals surface area contributed by atoms with Crippen molar-refractivity contribution >= 4 is 17.8 Å². The molecule has 3 saturated heterocycles. The van der Waals surface area contributed by atoms with Crippen molar-refractivity contribution in [3.05, 3.63) is 41.9 Å². The van der Waals surface area contributed by atoms with Crippen molar-refractivity contribution < 1.29 is 28.2 Å². The van der Waals surface area contributed by atoms with Gasteiger partial charge in [-0.05, 0) is 76.3 Å². The molecule has 1 N–H and O–H groups in total. The highest BCUT2D eigenvalue weighted by molar-refractivity contribution is 6.20. The fourth-order valence-corrected chi connectivity index (χ4v) is 10.5. The second kappa shape index (κ2) is 12.9. The SMILES string of the molecule is CC(C)(C)OC(=O)NC1CCN(C2C(F)CC3C(=O)C(C(=O)N4CCC(c5cccnc5)C4)=CN4C5CC6CCCCC6CC5OC2C34)C1. The third kappa shape index (κ3) is 6.28. The van der Waals surface area contributed by atoms with Gasteiger partial charge in [-0.2, -0.15) is 0 Å². The minimum absolute atomic E-state index is 0.0670. The molecule has 0 radical (unpaired) electrons. The number of ketones is 1. The molecule has 0 bridgehead atoms. The number of amides is 2. The molecule has 266 valence electrons. The number of halogens is 1. The van der Waals surface area contributed by atoms with Gasteiger partial charge in [0.25, 0.3) is 5.91 Å². The van der Waals surface area contributed by atoms with Crippen LogP contribution >= 0.6 is 0 Å². The first-order chi connectivity index (χ1) is 23.5. The third-order valence-electron chi connectivity index (χ3n) is 12.7. The monoisotopic (exact) mass is 677 g/mol. The Kier molecular flexibility index (Phi) is 8.74. The molecule has 5 heterocycles. The molecular formula is C38H52FN5O5. The Labute approximate surface area is 289 Å². The maximum absolute atomic E-state index is 16.7. The van der Waals surface area contributed by atoms with Crippen LogP contribution in [0.4, 0.5) is 9.18 Å². The molecule has 6 fully saturated rings. The summed E-state index contributed by atoms with van der Waals surface area (Å²) in [6.45, 7) is 7.77. The molecule has 0 spiro atoms. The normalized spacial score (nSPS) is 39.1. The average molecular weight is 678 g/mol. The van der Waals surface area contributed by atoms with Crippen molar-refractivity contribution in [3.63, 3.8) is 0 Å².